The van der Waals surface area contributed by atoms with E-state index in [9.17, 15) is 4.79 Å². The molecule has 0 aromatic rings. The molecule has 0 bridgehead atoms. The Kier molecular flexibility index (Phi) is 4.50. The predicted molar refractivity (Wildman–Crippen MR) is 58.5 cm³/mol. The lowest BCUT2D eigenvalue weighted by molar-refractivity contribution is -0.145. The molecule has 0 aromatic carbocycles. The van der Waals surface area contributed by atoms with Crippen LogP contribution in [0.15, 0.2) is 0 Å². The fraction of sp³-hybridized carbons (Fsp3) is 0.900. The van der Waals surface area contributed by atoms with Crippen LogP contribution < -0.4 is 5.73 Å². The number of hydrogen-bond acceptors (Lipinski definition) is 4. The number of rotatable bonds is 3. The van der Waals surface area contributed by atoms with Crippen LogP contribution in [-0.2, 0) is 9.53 Å². The average molecular weight is 215 g/mol. The van der Waals surface area contributed by atoms with Crippen molar-refractivity contribution < 1.29 is 9.53 Å². The van der Waals surface area contributed by atoms with Crippen LogP contribution >= 0.6 is 0 Å². The van der Waals surface area contributed by atoms with E-state index >= 15 is 0 Å². The van der Waals surface area contributed by atoms with Crippen LogP contribution in [0, 0.1) is 0 Å². The van der Waals surface area contributed by atoms with Gasteiger partial charge in [-0.1, -0.05) is 0 Å². The van der Waals surface area contributed by atoms with Gasteiger partial charge in [0.2, 0.25) is 0 Å². The molecule has 5 heteroatoms. The van der Waals surface area contributed by atoms with Gasteiger partial charge in [-0.15, -0.1) is 0 Å². The van der Waals surface area contributed by atoms with E-state index < -0.39 is 6.10 Å². The molecule has 2 unspecified atom stereocenters. The zero-order valence-electron chi connectivity index (χ0n) is 9.77. The predicted octanol–water partition coefficient (Wildman–Crippen LogP) is -0.877. The molecule has 0 radical (unpaired) electrons. The Balaban J connectivity index is 2.59. The number of carbonyl (C=O) groups is 1. The Morgan fingerprint density at radius 1 is 1.60 bits per heavy atom. The summed E-state index contributed by atoms with van der Waals surface area (Å²) in [5.74, 6) is 0.0144. The third-order valence-corrected chi connectivity index (χ3v) is 2.89. The molecule has 1 fully saturated rings. The summed E-state index contributed by atoms with van der Waals surface area (Å²) < 4.78 is 5.06. The lowest BCUT2D eigenvalue weighted by Crippen LogP contribution is -2.56. The molecule has 1 aliphatic heterocycles. The van der Waals surface area contributed by atoms with Crippen LogP contribution in [0.1, 0.15) is 6.92 Å². The molecular formula is C10H21N3O2. The van der Waals surface area contributed by atoms with E-state index in [1.165, 1.54) is 7.11 Å². The molecule has 5 nitrogen and oxygen atoms in total. The second kappa shape index (κ2) is 5.44. The number of amides is 1. The minimum atomic E-state index is -0.490. The van der Waals surface area contributed by atoms with Gasteiger partial charge in [0, 0.05) is 39.3 Å². The van der Waals surface area contributed by atoms with E-state index in [2.05, 4.69) is 18.9 Å². The van der Waals surface area contributed by atoms with Gasteiger partial charge >= 0.3 is 0 Å². The molecule has 1 rings (SSSR count). The van der Waals surface area contributed by atoms with Crippen molar-refractivity contribution in [3.63, 3.8) is 0 Å². The van der Waals surface area contributed by atoms with Crippen molar-refractivity contribution in [3.05, 3.63) is 0 Å². The second-order valence-electron chi connectivity index (χ2n) is 4.10. The maximum absolute atomic E-state index is 12.0. The fourth-order valence-corrected chi connectivity index (χ4v) is 1.95. The molecule has 88 valence electrons. The minimum Gasteiger partial charge on any atom is -0.370 e. The molecule has 0 aromatic heterocycles. The van der Waals surface area contributed by atoms with Gasteiger partial charge in [-0.05, 0) is 14.0 Å². The summed E-state index contributed by atoms with van der Waals surface area (Å²) in [6.45, 7) is 4.88. The van der Waals surface area contributed by atoms with Gasteiger partial charge < -0.3 is 20.3 Å². The molecule has 1 amide bonds. The van der Waals surface area contributed by atoms with E-state index in [1.807, 2.05) is 4.90 Å². The van der Waals surface area contributed by atoms with Crippen molar-refractivity contribution >= 4 is 5.91 Å². The lowest BCUT2D eigenvalue weighted by atomic mass is 10.1. The van der Waals surface area contributed by atoms with Gasteiger partial charge in [0.25, 0.3) is 5.91 Å². The van der Waals surface area contributed by atoms with Crippen LogP contribution in [0.2, 0.25) is 0 Å². The number of likely N-dealkylation sites (N-methyl/N-ethyl adjacent to an activating group) is 1. The van der Waals surface area contributed by atoms with E-state index in [4.69, 9.17) is 10.5 Å². The Bertz CT molecular complexity index is 219. The summed E-state index contributed by atoms with van der Waals surface area (Å²) in [6.07, 6.45) is -0.490. The molecule has 15 heavy (non-hydrogen) atoms. The van der Waals surface area contributed by atoms with E-state index in [0.29, 0.717) is 0 Å². The summed E-state index contributed by atoms with van der Waals surface area (Å²) in [5, 5.41) is 0. The maximum atomic E-state index is 12.0. The Hall–Kier alpha value is -0.650. The normalized spacial score (nSPS) is 25.3. The van der Waals surface area contributed by atoms with E-state index in [1.54, 1.807) is 0 Å². The first-order valence-electron chi connectivity index (χ1n) is 5.32. The van der Waals surface area contributed by atoms with Crippen LogP contribution in [0.3, 0.4) is 0 Å². The minimum absolute atomic E-state index is 0.0144. The Morgan fingerprint density at radius 3 is 2.73 bits per heavy atom. The highest BCUT2D eigenvalue weighted by Crippen LogP contribution is 2.10. The molecule has 1 heterocycles. The second-order valence-corrected chi connectivity index (χ2v) is 4.10. The number of nitrogens with zero attached hydrogens (tertiary/aromatic N) is 2. The number of carbonyl (C=O) groups excluding carboxylic acids is 1. The Morgan fingerprint density at radius 2 is 2.27 bits per heavy atom. The SMILES string of the molecule is COC(CN)C(=O)N1CCN(C)CC1C. The molecule has 2 N–H and O–H groups in total. The maximum Gasteiger partial charge on any atom is 0.253 e. The molecule has 1 aliphatic rings. The summed E-state index contributed by atoms with van der Waals surface area (Å²) in [5.41, 5.74) is 5.48. The van der Waals surface area contributed by atoms with E-state index in [0.717, 1.165) is 19.6 Å². The van der Waals surface area contributed by atoms with Gasteiger partial charge in [0.15, 0.2) is 0 Å². The smallest absolute Gasteiger partial charge is 0.253 e. The number of ether oxygens (including phenoxy) is 1. The third kappa shape index (κ3) is 2.90. The Labute approximate surface area is 91.2 Å². The first kappa shape index (κ1) is 12.4. The number of nitrogens with two attached hydrogens (primary N) is 1. The summed E-state index contributed by atoms with van der Waals surface area (Å²) >= 11 is 0. The lowest BCUT2D eigenvalue weighted by Gasteiger charge is -2.39. The zero-order valence-corrected chi connectivity index (χ0v) is 9.77. The highest BCUT2D eigenvalue weighted by Gasteiger charge is 2.29. The monoisotopic (exact) mass is 215 g/mol. The first-order valence-corrected chi connectivity index (χ1v) is 5.32. The number of methoxy groups -OCH3 is 1. The van der Waals surface area contributed by atoms with Crippen LogP contribution in [-0.4, -0.2) is 68.2 Å². The molecule has 0 aliphatic carbocycles. The quantitative estimate of drug-likeness (QED) is 0.664. The van der Waals surface area contributed by atoms with Gasteiger partial charge in [0.05, 0.1) is 0 Å². The molecule has 0 saturated carbocycles. The average Bonchev–Trinajstić information content (AvgIpc) is 2.19. The van der Waals surface area contributed by atoms with Gasteiger partial charge in [-0.2, -0.15) is 0 Å². The largest absolute Gasteiger partial charge is 0.370 e. The molecular weight excluding hydrogens is 194 g/mol. The number of piperazine rings is 1. The highest BCUT2D eigenvalue weighted by molar-refractivity contribution is 5.81. The van der Waals surface area contributed by atoms with Crippen LogP contribution in [0.25, 0.3) is 0 Å². The van der Waals surface area contributed by atoms with Crippen molar-refractivity contribution in [2.45, 2.75) is 19.1 Å². The zero-order chi connectivity index (χ0) is 11.4. The molecule has 2 atom stereocenters. The summed E-state index contributed by atoms with van der Waals surface area (Å²) in [7, 11) is 3.59. The van der Waals surface area contributed by atoms with Crippen molar-refractivity contribution in [1.29, 1.82) is 0 Å². The third-order valence-electron chi connectivity index (χ3n) is 2.89. The van der Waals surface area contributed by atoms with Gasteiger partial charge in [-0.3, -0.25) is 4.79 Å². The first-order chi connectivity index (χ1) is 7.10. The number of hydrogen-bond donors (Lipinski definition) is 1. The molecule has 0 spiro atoms. The molecule has 1 saturated heterocycles. The fourth-order valence-electron chi connectivity index (χ4n) is 1.95. The topological polar surface area (TPSA) is 58.8 Å². The highest BCUT2D eigenvalue weighted by atomic mass is 16.5. The van der Waals surface area contributed by atoms with Crippen molar-refractivity contribution in [3.8, 4) is 0 Å². The van der Waals surface area contributed by atoms with Gasteiger partial charge in [0.1, 0.15) is 6.10 Å². The van der Waals surface area contributed by atoms with E-state index in [-0.39, 0.29) is 18.5 Å². The van der Waals surface area contributed by atoms with Crippen molar-refractivity contribution in [2.24, 2.45) is 5.73 Å². The summed E-state index contributed by atoms with van der Waals surface area (Å²) in [6, 6.07) is 0.237. The van der Waals surface area contributed by atoms with Crippen molar-refractivity contribution in [1.82, 2.24) is 9.80 Å². The van der Waals surface area contributed by atoms with Crippen LogP contribution in [0.4, 0.5) is 0 Å². The standard InChI is InChI=1S/C10H21N3O2/c1-8-7-12(2)4-5-13(8)10(14)9(6-11)15-3/h8-9H,4-7,11H2,1-3H3. The van der Waals surface area contributed by atoms with Crippen LogP contribution in [0.5, 0.6) is 0 Å². The van der Waals surface area contributed by atoms with Gasteiger partial charge in [-0.25, -0.2) is 0 Å². The van der Waals surface area contributed by atoms with Crippen molar-refractivity contribution in [2.75, 3.05) is 40.3 Å². The summed E-state index contributed by atoms with van der Waals surface area (Å²) in [4.78, 5) is 16.1.